The number of carbonyl (C=O) groups excluding carboxylic acids is 1. The molecule has 0 aromatic carbocycles. The van der Waals surface area contributed by atoms with E-state index in [-0.39, 0.29) is 5.91 Å². The van der Waals surface area contributed by atoms with Gasteiger partial charge in [0, 0.05) is 26.2 Å². The average Bonchev–Trinajstić information content (AvgIpc) is 2.05. The second kappa shape index (κ2) is 3.94. The Hall–Kier alpha value is -0.260. The molecule has 4 nitrogen and oxygen atoms in total. The maximum absolute atomic E-state index is 10.7. The molecule has 1 unspecified atom stereocenters. The molecular weight excluding hydrogens is 162 g/mol. The van der Waals surface area contributed by atoms with Crippen LogP contribution in [0.3, 0.4) is 0 Å². The van der Waals surface area contributed by atoms with Crippen LogP contribution in [-0.4, -0.2) is 42.4 Å². The normalized spacial score (nSPS) is 23.0. The average molecular weight is 175 g/mol. The van der Waals surface area contributed by atoms with Crippen LogP contribution >= 0.6 is 12.6 Å². The first kappa shape index (κ1) is 8.83. The van der Waals surface area contributed by atoms with Crippen molar-refractivity contribution in [3.05, 3.63) is 0 Å². The number of nitrogens with two attached hydrogens (primary N) is 1. The maximum Gasteiger partial charge on any atom is 0.244 e. The van der Waals surface area contributed by atoms with Crippen LogP contribution in [0.15, 0.2) is 0 Å². The van der Waals surface area contributed by atoms with E-state index in [0.29, 0.717) is 0 Å². The molecule has 1 atom stereocenters. The van der Waals surface area contributed by atoms with E-state index in [4.69, 9.17) is 5.73 Å². The van der Waals surface area contributed by atoms with Crippen LogP contribution in [0.25, 0.3) is 0 Å². The first-order valence-corrected chi connectivity index (χ1v) is 4.15. The second-order valence-electron chi connectivity index (χ2n) is 2.56. The van der Waals surface area contributed by atoms with E-state index in [1.54, 1.807) is 0 Å². The molecule has 0 aromatic heterocycles. The Labute approximate surface area is 71.5 Å². The summed E-state index contributed by atoms with van der Waals surface area (Å²) in [6, 6.07) is 0. The van der Waals surface area contributed by atoms with Gasteiger partial charge in [0.2, 0.25) is 5.91 Å². The maximum atomic E-state index is 10.7. The highest BCUT2D eigenvalue weighted by atomic mass is 32.1. The van der Waals surface area contributed by atoms with Crippen molar-refractivity contribution in [2.24, 2.45) is 5.73 Å². The van der Waals surface area contributed by atoms with E-state index in [2.05, 4.69) is 17.9 Å². The summed E-state index contributed by atoms with van der Waals surface area (Å²) in [4.78, 5) is 12.6. The van der Waals surface area contributed by atoms with Crippen molar-refractivity contribution in [1.82, 2.24) is 10.2 Å². The largest absolute Gasteiger partial charge is 0.368 e. The summed E-state index contributed by atoms with van der Waals surface area (Å²) >= 11 is 4.09. The zero-order valence-corrected chi connectivity index (χ0v) is 7.18. The molecule has 1 aliphatic heterocycles. The van der Waals surface area contributed by atoms with Gasteiger partial charge < -0.3 is 11.1 Å². The summed E-state index contributed by atoms with van der Waals surface area (Å²) in [7, 11) is 0. The van der Waals surface area contributed by atoms with Crippen LogP contribution < -0.4 is 11.1 Å². The number of hydrogen-bond acceptors (Lipinski definition) is 4. The van der Waals surface area contributed by atoms with Crippen molar-refractivity contribution in [3.63, 3.8) is 0 Å². The zero-order valence-electron chi connectivity index (χ0n) is 6.29. The molecule has 0 radical (unpaired) electrons. The second-order valence-corrected chi connectivity index (χ2v) is 3.05. The lowest BCUT2D eigenvalue weighted by Crippen LogP contribution is -2.50. The van der Waals surface area contributed by atoms with Crippen LogP contribution in [0.2, 0.25) is 0 Å². The van der Waals surface area contributed by atoms with Crippen molar-refractivity contribution < 1.29 is 4.79 Å². The number of rotatable bonds is 2. The quantitative estimate of drug-likeness (QED) is 0.454. The molecule has 0 saturated carbocycles. The first-order valence-electron chi connectivity index (χ1n) is 3.64. The molecule has 1 saturated heterocycles. The summed E-state index contributed by atoms with van der Waals surface area (Å²) in [6.07, 6.45) is 0. The third kappa shape index (κ3) is 2.36. The minimum atomic E-state index is -0.419. The van der Waals surface area contributed by atoms with Crippen molar-refractivity contribution in [2.45, 2.75) is 5.37 Å². The van der Waals surface area contributed by atoms with Gasteiger partial charge in [0.1, 0.15) is 5.37 Å². The summed E-state index contributed by atoms with van der Waals surface area (Å²) in [6.45, 7) is 3.50. The van der Waals surface area contributed by atoms with Gasteiger partial charge in [-0.1, -0.05) is 0 Å². The zero-order chi connectivity index (χ0) is 8.27. The van der Waals surface area contributed by atoms with Crippen LogP contribution in [0, 0.1) is 0 Å². The highest BCUT2D eigenvalue weighted by molar-refractivity contribution is 7.81. The van der Waals surface area contributed by atoms with Gasteiger partial charge in [0.25, 0.3) is 0 Å². The molecule has 11 heavy (non-hydrogen) atoms. The van der Waals surface area contributed by atoms with Crippen molar-refractivity contribution in [3.8, 4) is 0 Å². The van der Waals surface area contributed by atoms with E-state index in [9.17, 15) is 4.79 Å². The summed E-state index contributed by atoms with van der Waals surface area (Å²) in [5, 5.41) is 2.76. The number of hydrogen-bond donors (Lipinski definition) is 3. The van der Waals surface area contributed by atoms with Crippen LogP contribution in [0.1, 0.15) is 0 Å². The predicted molar refractivity (Wildman–Crippen MR) is 46.4 cm³/mol. The number of piperazine rings is 1. The standard InChI is InChI=1S/C6H13N3OS/c7-5(10)6(11)9-3-1-8-2-4-9/h6,8,11H,1-4H2,(H2,7,10). The predicted octanol–water partition coefficient (Wildman–Crippen LogP) is -1.37. The molecule has 0 aromatic rings. The fourth-order valence-corrected chi connectivity index (χ4v) is 1.34. The molecule has 0 aliphatic carbocycles. The summed E-state index contributed by atoms with van der Waals surface area (Å²) in [5.41, 5.74) is 5.09. The van der Waals surface area contributed by atoms with E-state index in [1.165, 1.54) is 0 Å². The number of primary amides is 1. The Balaban J connectivity index is 2.38. The molecule has 0 bridgehead atoms. The number of nitrogens with one attached hydrogen (secondary N) is 1. The number of thiol groups is 1. The molecule has 1 fully saturated rings. The smallest absolute Gasteiger partial charge is 0.244 e. The Morgan fingerprint density at radius 1 is 1.55 bits per heavy atom. The topological polar surface area (TPSA) is 58.4 Å². The minimum Gasteiger partial charge on any atom is -0.368 e. The Morgan fingerprint density at radius 2 is 2.09 bits per heavy atom. The fraction of sp³-hybridized carbons (Fsp3) is 0.833. The van der Waals surface area contributed by atoms with Crippen LogP contribution in [0.4, 0.5) is 0 Å². The van der Waals surface area contributed by atoms with Gasteiger partial charge >= 0.3 is 0 Å². The van der Waals surface area contributed by atoms with Crippen molar-refractivity contribution in [2.75, 3.05) is 26.2 Å². The Bertz CT molecular complexity index is 147. The van der Waals surface area contributed by atoms with E-state index in [0.717, 1.165) is 26.2 Å². The minimum absolute atomic E-state index is 0.366. The molecular formula is C6H13N3OS. The van der Waals surface area contributed by atoms with Gasteiger partial charge in [-0.2, -0.15) is 12.6 Å². The molecule has 5 heteroatoms. The first-order chi connectivity index (χ1) is 5.22. The van der Waals surface area contributed by atoms with Crippen molar-refractivity contribution >= 4 is 18.5 Å². The number of amides is 1. The summed E-state index contributed by atoms with van der Waals surface area (Å²) in [5.74, 6) is -0.366. The van der Waals surface area contributed by atoms with Gasteiger partial charge in [-0.25, -0.2) is 0 Å². The Morgan fingerprint density at radius 3 is 2.55 bits per heavy atom. The lowest BCUT2D eigenvalue weighted by Gasteiger charge is -2.30. The van der Waals surface area contributed by atoms with Gasteiger partial charge in [0.15, 0.2) is 0 Å². The molecule has 1 heterocycles. The monoisotopic (exact) mass is 175 g/mol. The molecule has 1 rings (SSSR count). The van der Waals surface area contributed by atoms with Crippen LogP contribution in [0.5, 0.6) is 0 Å². The fourth-order valence-electron chi connectivity index (χ4n) is 1.11. The van der Waals surface area contributed by atoms with Gasteiger partial charge in [-0.05, 0) is 0 Å². The number of carbonyl (C=O) groups is 1. The highest BCUT2D eigenvalue weighted by Gasteiger charge is 2.20. The van der Waals surface area contributed by atoms with E-state index in [1.807, 2.05) is 4.90 Å². The third-order valence-electron chi connectivity index (χ3n) is 1.75. The highest BCUT2D eigenvalue weighted by Crippen LogP contribution is 2.03. The lowest BCUT2D eigenvalue weighted by molar-refractivity contribution is -0.120. The van der Waals surface area contributed by atoms with Gasteiger partial charge in [-0.3, -0.25) is 9.69 Å². The summed E-state index contributed by atoms with van der Waals surface area (Å²) < 4.78 is 0. The lowest BCUT2D eigenvalue weighted by atomic mass is 10.3. The third-order valence-corrected chi connectivity index (χ3v) is 2.33. The van der Waals surface area contributed by atoms with Gasteiger partial charge in [0.05, 0.1) is 0 Å². The molecule has 3 N–H and O–H groups in total. The van der Waals surface area contributed by atoms with Gasteiger partial charge in [-0.15, -0.1) is 0 Å². The van der Waals surface area contributed by atoms with E-state index >= 15 is 0 Å². The molecule has 1 amide bonds. The molecule has 1 aliphatic rings. The molecule has 64 valence electrons. The van der Waals surface area contributed by atoms with Crippen molar-refractivity contribution in [1.29, 1.82) is 0 Å². The SMILES string of the molecule is NC(=O)C(S)N1CCNCC1. The van der Waals surface area contributed by atoms with Crippen LogP contribution in [-0.2, 0) is 4.79 Å². The van der Waals surface area contributed by atoms with E-state index < -0.39 is 5.37 Å². The Kier molecular flexibility index (Phi) is 3.16. The number of nitrogens with zero attached hydrogens (tertiary/aromatic N) is 1. The molecule has 0 spiro atoms.